The van der Waals surface area contributed by atoms with Crippen LogP contribution in [-0.4, -0.2) is 59.8 Å². The first-order chi connectivity index (χ1) is 17.5. The van der Waals surface area contributed by atoms with Gasteiger partial charge in [-0.15, -0.1) is 22.6 Å². The molecule has 2 aliphatic rings. The lowest BCUT2D eigenvalue weighted by Gasteiger charge is -2.26. The first kappa shape index (κ1) is 27.1. The highest BCUT2D eigenvalue weighted by molar-refractivity contribution is 7.15. The minimum absolute atomic E-state index is 0. The number of benzene rings is 2. The predicted octanol–water partition coefficient (Wildman–Crippen LogP) is 3.71. The number of ether oxygens (including phenoxy) is 1. The number of morpholine rings is 1. The standard InChI is InChI=1S/C26H28FN5O3S.ClH/c27-21-6-1-18(2-7-21)5-10-23-29-30-26(36-23)28-25(34)20-15-24(33)32(17-20)22-8-3-19(4-9-22)16-31-11-13-35-14-12-31;/h1-4,6-9,20H,5,10-17H2,(H,28,30,34);1H. The van der Waals surface area contributed by atoms with Crippen LogP contribution in [-0.2, 0) is 33.7 Å². The number of amides is 2. The van der Waals surface area contributed by atoms with Crippen molar-refractivity contribution in [1.29, 1.82) is 0 Å². The van der Waals surface area contributed by atoms with Crippen molar-refractivity contribution in [3.63, 3.8) is 0 Å². The summed E-state index contributed by atoms with van der Waals surface area (Å²) in [6.45, 7) is 4.57. The molecular weight excluding hydrogens is 517 g/mol. The van der Waals surface area contributed by atoms with E-state index in [1.54, 1.807) is 17.0 Å². The number of aromatic nitrogens is 2. The van der Waals surface area contributed by atoms with Gasteiger partial charge in [-0.2, -0.15) is 0 Å². The molecule has 1 unspecified atom stereocenters. The van der Waals surface area contributed by atoms with E-state index < -0.39 is 5.92 Å². The van der Waals surface area contributed by atoms with Crippen LogP contribution in [0.2, 0.25) is 0 Å². The highest BCUT2D eigenvalue weighted by atomic mass is 35.5. The molecule has 3 heterocycles. The fraction of sp³-hybridized carbons (Fsp3) is 0.385. The van der Waals surface area contributed by atoms with Crippen LogP contribution in [0.5, 0.6) is 0 Å². The number of aryl methyl sites for hydroxylation is 2. The Morgan fingerprint density at radius 1 is 1.03 bits per heavy atom. The fourth-order valence-electron chi connectivity index (χ4n) is 4.45. The van der Waals surface area contributed by atoms with E-state index in [9.17, 15) is 14.0 Å². The van der Waals surface area contributed by atoms with Gasteiger partial charge in [0.05, 0.1) is 19.1 Å². The maximum Gasteiger partial charge on any atom is 0.231 e. The van der Waals surface area contributed by atoms with E-state index in [-0.39, 0.29) is 36.5 Å². The van der Waals surface area contributed by atoms with E-state index in [2.05, 4.69) is 20.4 Å². The van der Waals surface area contributed by atoms with E-state index in [1.807, 2.05) is 24.3 Å². The van der Waals surface area contributed by atoms with Gasteiger partial charge < -0.3 is 15.0 Å². The van der Waals surface area contributed by atoms with Crippen molar-refractivity contribution < 1.29 is 18.7 Å². The first-order valence-corrected chi connectivity index (χ1v) is 12.9. The highest BCUT2D eigenvalue weighted by Crippen LogP contribution is 2.27. The van der Waals surface area contributed by atoms with Gasteiger partial charge in [0.1, 0.15) is 10.8 Å². The zero-order chi connectivity index (χ0) is 24.9. The zero-order valence-corrected chi connectivity index (χ0v) is 21.9. The minimum Gasteiger partial charge on any atom is -0.379 e. The molecule has 2 amide bonds. The van der Waals surface area contributed by atoms with Crippen molar-refractivity contribution in [3.8, 4) is 0 Å². The number of hydrogen-bond acceptors (Lipinski definition) is 7. The summed E-state index contributed by atoms with van der Waals surface area (Å²) in [5, 5.41) is 12.3. The summed E-state index contributed by atoms with van der Waals surface area (Å²) in [6, 6.07) is 14.4. The molecule has 0 saturated carbocycles. The van der Waals surface area contributed by atoms with Gasteiger partial charge >= 0.3 is 0 Å². The van der Waals surface area contributed by atoms with Crippen LogP contribution in [0.15, 0.2) is 48.5 Å². The molecule has 0 bridgehead atoms. The summed E-state index contributed by atoms with van der Waals surface area (Å²) >= 11 is 1.32. The lowest BCUT2D eigenvalue weighted by Crippen LogP contribution is -2.35. The molecule has 196 valence electrons. The summed E-state index contributed by atoms with van der Waals surface area (Å²) in [7, 11) is 0. The highest BCUT2D eigenvalue weighted by Gasteiger charge is 2.35. The van der Waals surface area contributed by atoms with Crippen molar-refractivity contribution >= 4 is 46.4 Å². The molecule has 0 aliphatic carbocycles. The molecule has 2 aromatic carbocycles. The second-order valence-corrected chi connectivity index (χ2v) is 10.1. The second-order valence-electron chi connectivity index (χ2n) is 9.08. The van der Waals surface area contributed by atoms with E-state index in [0.717, 1.165) is 49.1 Å². The summed E-state index contributed by atoms with van der Waals surface area (Å²) < 4.78 is 18.5. The molecule has 0 radical (unpaired) electrons. The molecule has 37 heavy (non-hydrogen) atoms. The van der Waals surface area contributed by atoms with Gasteiger partial charge in [-0.25, -0.2) is 4.39 Å². The van der Waals surface area contributed by atoms with Crippen molar-refractivity contribution in [2.75, 3.05) is 43.1 Å². The van der Waals surface area contributed by atoms with E-state index in [1.165, 1.54) is 29.0 Å². The monoisotopic (exact) mass is 545 g/mol. The molecule has 2 aliphatic heterocycles. The average molecular weight is 546 g/mol. The van der Waals surface area contributed by atoms with Gasteiger partial charge in [-0.05, 0) is 41.8 Å². The van der Waals surface area contributed by atoms with E-state index in [0.29, 0.717) is 24.5 Å². The Labute approximate surface area is 225 Å². The SMILES string of the molecule is Cl.O=C(Nc1nnc(CCc2ccc(F)cc2)s1)C1CC(=O)N(c2ccc(CN3CCOCC3)cc2)C1. The zero-order valence-electron chi connectivity index (χ0n) is 20.3. The Hall–Kier alpha value is -2.92. The quantitative estimate of drug-likeness (QED) is 0.464. The minimum atomic E-state index is -0.447. The van der Waals surface area contributed by atoms with Crippen molar-refractivity contribution in [2.45, 2.75) is 25.8 Å². The lowest BCUT2D eigenvalue weighted by atomic mass is 10.1. The van der Waals surface area contributed by atoms with E-state index >= 15 is 0 Å². The number of carbonyl (C=O) groups is 2. The Morgan fingerprint density at radius 3 is 2.46 bits per heavy atom. The molecule has 11 heteroatoms. The summed E-state index contributed by atoms with van der Waals surface area (Å²) in [4.78, 5) is 29.5. The maximum atomic E-state index is 13.1. The number of hydrogen-bond donors (Lipinski definition) is 1. The number of carbonyl (C=O) groups excluding carboxylic acids is 2. The van der Waals surface area contributed by atoms with Gasteiger partial charge in [0, 0.05) is 44.7 Å². The van der Waals surface area contributed by atoms with Gasteiger partial charge in [-0.1, -0.05) is 35.6 Å². The number of rotatable bonds is 8. The van der Waals surface area contributed by atoms with Crippen molar-refractivity contribution in [1.82, 2.24) is 15.1 Å². The molecule has 5 rings (SSSR count). The molecule has 1 N–H and O–H groups in total. The number of nitrogens with zero attached hydrogens (tertiary/aromatic N) is 4. The van der Waals surface area contributed by atoms with Gasteiger partial charge in [-0.3, -0.25) is 14.5 Å². The van der Waals surface area contributed by atoms with Crippen molar-refractivity contribution in [3.05, 3.63) is 70.5 Å². The summed E-state index contributed by atoms with van der Waals surface area (Å²) in [5.41, 5.74) is 3.00. The van der Waals surface area contributed by atoms with Gasteiger partial charge in [0.25, 0.3) is 0 Å². The lowest BCUT2D eigenvalue weighted by molar-refractivity contribution is -0.122. The van der Waals surface area contributed by atoms with Gasteiger partial charge in [0.15, 0.2) is 0 Å². The molecule has 2 saturated heterocycles. The molecule has 1 atom stereocenters. The molecule has 8 nitrogen and oxygen atoms in total. The smallest absolute Gasteiger partial charge is 0.231 e. The topological polar surface area (TPSA) is 87.7 Å². The number of anilines is 2. The summed E-state index contributed by atoms with van der Waals surface area (Å²) in [6.07, 6.45) is 1.52. The van der Waals surface area contributed by atoms with Crippen LogP contribution >= 0.6 is 23.7 Å². The van der Waals surface area contributed by atoms with Gasteiger partial charge in [0.2, 0.25) is 16.9 Å². The average Bonchev–Trinajstić information content (AvgIpc) is 3.51. The molecule has 1 aromatic heterocycles. The maximum absolute atomic E-state index is 13.1. The Bertz CT molecular complexity index is 1200. The predicted molar refractivity (Wildman–Crippen MR) is 143 cm³/mol. The third kappa shape index (κ3) is 7.10. The molecular formula is C26H29ClFN5O3S. The van der Waals surface area contributed by atoms with Crippen LogP contribution in [0, 0.1) is 11.7 Å². The van der Waals surface area contributed by atoms with Crippen LogP contribution in [0.3, 0.4) is 0 Å². The Morgan fingerprint density at radius 2 is 1.73 bits per heavy atom. The number of nitrogens with one attached hydrogen (secondary N) is 1. The second kappa shape index (κ2) is 12.6. The Kier molecular flexibility index (Phi) is 9.20. The van der Waals surface area contributed by atoms with Crippen LogP contribution in [0.4, 0.5) is 15.2 Å². The number of halogens is 2. The third-order valence-electron chi connectivity index (χ3n) is 6.49. The molecule has 0 spiro atoms. The normalized spacial score (nSPS) is 18.0. The summed E-state index contributed by atoms with van der Waals surface area (Å²) in [5.74, 6) is -0.995. The molecule has 2 fully saturated rings. The van der Waals surface area contributed by atoms with Crippen LogP contribution in [0.1, 0.15) is 22.6 Å². The van der Waals surface area contributed by atoms with Crippen molar-refractivity contribution in [2.24, 2.45) is 5.92 Å². The Balaban J connectivity index is 0.00000320. The van der Waals surface area contributed by atoms with E-state index in [4.69, 9.17) is 4.74 Å². The molecule has 3 aromatic rings. The third-order valence-corrected chi connectivity index (χ3v) is 7.39. The van der Waals surface area contributed by atoms with Crippen LogP contribution < -0.4 is 10.2 Å². The largest absolute Gasteiger partial charge is 0.379 e. The fourth-order valence-corrected chi connectivity index (χ4v) is 5.19. The van der Waals surface area contributed by atoms with Crippen LogP contribution in [0.25, 0.3) is 0 Å². The first-order valence-electron chi connectivity index (χ1n) is 12.1.